The standard InChI is InChI=1S/C31H40P/c1-2-3-4-5-6-7-8-9-10-11-21-28-32(29-22-15-12-16-23-29,30-24-17-13-18-25-30)31-26-19-14-20-27-31/h10-20,22-27H,2-9,21,28H2,1H3/q+1/b11-10+. The van der Waals surface area contributed by atoms with Crippen LogP contribution in [-0.2, 0) is 0 Å². The maximum atomic E-state index is 2.45. The molecule has 0 amide bonds. The molecule has 0 N–H and O–H groups in total. The van der Waals surface area contributed by atoms with Gasteiger partial charge in [0, 0.05) is 6.42 Å². The number of benzene rings is 3. The Balaban J connectivity index is 1.70. The molecule has 3 aromatic carbocycles. The highest BCUT2D eigenvalue weighted by Gasteiger charge is 2.44. The number of hydrogen-bond donors (Lipinski definition) is 0. The van der Waals surface area contributed by atoms with Crippen molar-refractivity contribution in [3.8, 4) is 0 Å². The summed E-state index contributed by atoms with van der Waals surface area (Å²) >= 11 is 0. The Hall–Kier alpha value is -2.17. The van der Waals surface area contributed by atoms with Gasteiger partial charge in [0.25, 0.3) is 0 Å². The Morgan fingerprint density at radius 1 is 0.500 bits per heavy atom. The van der Waals surface area contributed by atoms with E-state index in [1.54, 1.807) is 0 Å². The molecule has 0 saturated carbocycles. The van der Waals surface area contributed by atoms with Gasteiger partial charge in [0.05, 0.1) is 6.16 Å². The molecule has 0 aliphatic carbocycles. The third-order valence-electron chi connectivity index (χ3n) is 6.36. The van der Waals surface area contributed by atoms with Crippen LogP contribution < -0.4 is 15.9 Å². The first-order valence-electron chi connectivity index (χ1n) is 12.6. The van der Waals surface area contributed by atoms with Crippen LogP contribution in [0.25, 0.3) is 0 Å². The van der Waals surface area contributed by atoms with E-state index in [9.17, 15) is 0 Å². The predicted octanol–water partition coefficient (Wildman–Crippen LogP) is 8.07. The van der Waals surface area contributed by atoms with Gasteiger partial charge in [-0.05, 0) is 49.2 Å². The molecule has 0 aliphatic heterocycles. The summed E-state index contributed by atoms with van der Waals surface area (Å²) < 4.78 is 0. The summed E-state index contributed by atoms with van der Waals surface area (Å²) in [6, 6.07) is 33.7. The van der Waals surface area contributed by atoms with Gasteiger partial charge in [-0.15, -0.1) is 0 Å². The van der Waals surface area contributed by atoms with E-state index in [4.69, 9.17) is 0 Å². The van der Waals surface area contributed by atoms with Gasteiger partial charge in [0.15, 0.2) is 0 Å². The highest BCUT2D eigenvalue weighted by atomic mass is 31.2. The summed E-state index contributed by atoms with van der Waals surface area (Å²) in [6.07, 6.45) is 18.1. The van der Waals surface area contributed by atoms with E-state index < -0.39 is 7.26 Å². The number of unbranched alkanes of at least 4 members (excludes halogenated alkanes) is 7. The molecule has 168 valence electrons. The second kappa shape index (κ2) is 14.1. The lowest BCUT2D eigenvalue weighted by atomic mass is 10.1. The van der Waals surface area contributed by atoms with Crippen LogP contribution in [0.15, 0.2) is 103 Å². The van der Waals surface area contributed by atoms with E-state index in [-0.39, 0.29) is 0 Å². The van der Waals surface area contributed by atoms with E-state index >= 15 is 0 Å². The Labute approximate surface area is 197 Å². The zero-order valence-corrected chi connectivity index (χ0v) is 20.7. The second-order valence-electron chi connectivity index (χ2n) is 8.71. The quantitative estimate of drug-likeness (QED) is 0.134. The zero-order valence-electron chi connectivity index (χ0n) is 19.8. The molecule has 0 heterocycles. The molecule has 1 heteroatoms. The summed E-state index contributed by atoms with van der Waals surface area (Å²) in [5.41, 5.74) is 0. The SMILES string of the molecule is CCCCCCCCC/C=C/CC[P+](c1ccccc1)(c1ccccc1)c1ccccc1. The molecule has 0 aliphatic rings. The van der Waals surface area contributed by atoms with E-state index in [1.807, 2.05) is 0 Å². The van der Waals surface area contributed by atoms with E-state index in [2.05, 4.69) is 110 Å². The summed E-state index contributed by atoms with van der Waals surface area (Å²) in [5, 5.41) is 4.45. The fraction of sp³-hybridized carbons (Fsp3) is 0.355. The van der Waals surface area contributed by atoms with Crippen molar-refractivity contribution >= 4 is 23.2 Å². The lowest BCUT2D eigenvalue weighted by molar-refractivity contribution is 0.592. The first-order chi connectivity index (χ1) is 15.9. The summed E-state index contributed by atoms with van der Waals surface area (Å²) in [7, 11) is -1.68. The maximum Gasteiger partial charge on any atom is 0.112 e. The molecule has 0 saturated heterocycles. The molecule has 0 radical (unpaired) electrons. The van der Waals surface area contributed by atoms with Crippen molar-refractivity contribution < 1.29 is 0 Å². The summed E-state index contributed by atoms with van der Waals surface area (Å²) in [4.78, 5) is 0. The number of hydrogen-bond acceptors (Lipinski definition) is 0. The molecule has 0 unspecified atom stereocenters. The van der Waals surface area contributed by atoms with Gasteiger partial charge in [-0.25, -0.2) is 0 Å². The third-order valence-corrected chi connectivity index (χ3v) is 10.8. The zero-order chi connectivity index (χ0) is 22.3. The van der Waals surface area contributed by atoms with Crippen molar-refractivity contribution in [1.29, 1.82) is 0 Å². The summed E-state index contributed by atoms with van der Waals surface area (Å²) in [5.74, 6) is 0. The monoisotopic (exact) mass is 443 g/mol. The fourth-order valence-electron chi connectivity index (χ4n) is 4.61. The minimum Gasteiger partial charge on any atom is -0.0884 e. The lowest BCUT2D eigenvalue weighted by Crippen LogP contribution is -2.33. The van der Waals surface area contributed by atoms with Crippen molar-refractivity contribution in [1.82, 2.24) is 0 Å². The van der Waals surface area contributed by atoms with Crippen LogP contribution in [-0.4, -0.2) is 6.16 Å². The molecule has 0 nitrogen and oxygen atoms in total. The first-order valence-corrected chi connectivity index (χ1v) is 14.6. The van der Waals surface area contributed by atoms with Crippen molar-refractivity contribution in [3.05, 3.63) is 103 Å². The van der Waals surface area contributed by atoms with Crippen LogP contribution in [0, 0.1) is 0 Å². The fourth-order valence-corrected chi connectivity index (χ4v) is 8.85. The lowest BCUT2D eigenvalue weighted by Gasteiger charge is -2.27. The Morgan fingerprint density at radius 3 is 1.38 bits per heavy atom. The van der Waals surface area contributed by atoms with Crippen molar-refractivity contribution in [3.63, 3.8) is 0 Å². The topological polar surface area (TPSA) is 0 Å². The van der Waals surface area contributed by atoms with Crippen molar-refractivity contribution in [2.75, 3.05) is 6.16 Å². The molecular formula is C31H40P+. The minimum atomic E-state index is -1.68. The first kappa shape index (κ1) is 24.5. The number of allylic oxidation sites excluding steroid dienone is 2. The molecule has 0 fully saturated rings. The molecule has 0 atom stereocenters. The molecule has 0 spiro atoms. The van der Waals surface area contributed by atoms with Gasteiger partial charge >= 0.3 is 0 Å². The van der Waals surface area contributed by atoms with Crippen LogP contribution >= 0.6 is 7.26 Å². The smallest absolute Gasteiger partial charge is 0.0884 e. The van der Waals surface area contributed by atoms with Gasteiger partial charge in [-0.1, -0.05) is 112 Å². The third kappa shape index (κ3) is 6.91. The van der Waals surface area contributed by atoms with Crippen molar-refractivity contribution in [2.24, 2.45) is 0 Å². The molecule has 0 bridgehead atoms. The molecule has 3 rings (SSSR count). The minimum absolute atomic E-state index is 1.13. The molecule has 0 aromatic heterocycles. The normalized spacial score (nSPS) is 11.8. The van der Waals surface area contributed by atoms with Gasteiger partial charge < -0.3 is 0 Å². The number of rotatable bonds is 14. The van der Waals surface area contributed by atoms with Gasteiger partial charge in [-0.3, -0.25) is 0 Å². The van der Waals surface area contributed by atoms with Crippen LogP contribution in [0.2, 0.25) is 0 Å². The second-order valence-corrected chi connectivity index (χ2v) is 12.3. The Morgan fingerprint density at radius 2 is 0.906 bits per heavy atom. The molecular weight excluding hydrogens is 403 g/mol. The highest BCUT2D eigenvalue weighted by molar-refractivity contribution is 7.95. The van der Waals surface area contributed by atoms with Gasteiger partial charge in [0.1, 0.15) is 23.2 Å². The molecule has 3 aromatic rings. The van der Waals surface area contributed by atoms with Gasteiger partial charge in [0.2, 0.25) is 0 Å². The van der Waals surface area contributed by atoms with Gasteiger partial charge in [-0.2, -0.15) is 0 Å². The highest BCUT2D eigenvalue weighted by Crippen LogP contribution is 2.55. The van der Waals surface area contributed by atoms with E-state index in [0.29, 0.717) is 0 Å². The molecule has 32 heavy (non-hydrogen) atoms. The maximum absolute atomic E-state index is 2.45. The van der Waals surface area contributed by atoms with Crippen molar-refractivity contribution in [2.45, 2.75) is 64.7 Å². The Bertz CT molecular complexity index is 787. The largest absolute Gasteiger partial charge is 0.112 e. The predicted molar refractivity (Wildman–Crippen MR) is 146 cm³/mol. The van der Waals surface area contributed by atoms with Crippen LogP contribution in [0.4, 0.5) is 0 Å². The van der Waals surface area contributed by atoms with E-state index in [1.165, 1.54) is 73.4 Å². The van der Waals surface area contributed by atoms with Crippen LogP contribution in [0.5, 0.6) is 0 Å². The Kier molecular flexibility index (Phi) is 10.8. The average Bonchev–Trinajstić information content (AvgIpc) is 2.87. The van der Waals surface area contributed by atoms with Crippen LogP contribution in [0.3, 0.4) is 0 Å². The van der Waals surface area contributed by atoms with E-state index in [0.717, 1.165) is 6.42 Å². The average molecular weight is 444 g/mol. The summed E-state index contributed by atoms with van der Waals surface area (Å²) in [6.45, 7) is 2.29. The van der Waals surface area contributed by atoms with Crippen LogP contribution in [0.1, 0.15) is 64.7 Å².